The van der Waals surface area contributed by atoms with E-state index in [0.717, 1.165) is 42.1 Å². The van der Waals surface area contributed by atoms with Gasteiger partial charge in [-0.25, -0.2) is 4.79 Å². The normalized spacial score (nSPS) is 12.0. The van der Waals surface area contributed by atoms with E-state index in [9.17, 15) is 9.59 Å². The molecule has 2 rings (SSSR count). The van der Waals surface area contributed by atoms with Gasteiger partial charge < -0.3 is 15.0 Å². The van der Waals surface area contributed by atoms with Crippen molar-refractivity contribution in [1.29, 1.82) is 0 Å². The van der Waals surface area contributed by atoms with Crippen LogP contribution in [0.2, 0.25) is 0 Å². The number of nitrogens with one attached hydrogen (secondary N) is 2. The third-order valence-corrected chi connectivity index (χ3v) is 8.97. The molecule has 0 unspecified atom stereocenters. The van der Waals surface area contributed by atoms with E-state index in [1.54, 1.807) is 0 Å². The van der Waals surface area contributed by atoms with Gasteiger partial charge in [-0.3, -0.25) is 4.79 Å². The molecule has 250 valence electrons. The van der Waals surface area contributed by atoms with Crippen LogP contribution in [0.15, 0.2) is 30.5 Å². The number of esters is 1. The maximum Gasteiger partial charge on any atom is 0.328 e. The average Bonchev–Trinajstić information content (AvgIpc) is 3.44. The van der Waals surface area contributed by atoms with Gasteiger partial charge in [-0.2, -0.15) is 0 Å². The van der Waals surface area contributed by atoms with Crippen LogP contribution in [-0.2, 0) is 20.7 Å². The summed E-state index contributed by atoms with van der Waals surface area (Å²) >= 11 is 0. The molecule has 1 aromatic carbocycles. The van der Waals surface area contributed by atoms with Gasteiger partial charge in [-0.05, 0) is 24.5 Å². The first-order valence-electron chi connectivity index (χ1n) is 18.7. The van der Waals surface area contributed by atoms with Gasteiger partial charge in [0.05, 0.1) is 6.61 Å². The van der Waals surface area contributed by atoms with Crippen molar-refractivity contribution in [3.63, 3.8) is 0 Å². The Hall–Kier alpha value is -2.30. The molecule has 0 fully saturated rings. The van der Waals surface area contributed by atoms with E-state index < -0.39 is 6.04 Å². The Labute approximate surface area is 270 Å². The van der Waals surface area contributed by atoms with E-state index in [1.165, 1.54) is 122 Å². The Kier molecular flexibility index (Phi) is 22.4. The zero-order valence-electron chi connectivity index (χ0n) is 28.6. The van der Waals surface area contributed by atoms with Gasteiger partial charge >= 0.3 is 5.97 Å². The molecule has 1 heterocycles. The molecular formula is C39H66N2O3. The van der Waals surface area contributed by atoms with Crippen LogP contribution in [-0.4, -0.2) is 29.5 Å². The molecule has 0 spiro atoms. The largest absolute Gasteiger partial charge is 0.464 e. The molecule has 0 saturated heterocycles. The molecule has 1 amide bonds. The number of benzene rings is 1. The maximum absolute atomic E-state index is 13.2. The summed E-state index contributed by atoms with van der Waals surface area (Å²) in [5, 5.41) is 4.11. The van der Waals surface area contributed by atoms with Crippen LogP contribution in [0.25, 0.3) is 10.9 Å². The van der Waals surface area contributed by atoms with Gasteiger partial charge in [-0.15, -0.1) is 0 Å². The number of hydrogen-bond acceptors (Lipinski definition) is 3. The number of H-pyrrole nitrogens is 1. The molecule has 2 N–H and O–H groups in total. The first-order chi connectivity index (χ1) is 21.7. The number of rotatable bonds is 29. The first-order valence-corrected chi connectivity index (χ1v) is 18.7. The lowest BCUT2D eigenvalue weighted by atomic mass is 10.0. The van der Waals surface area contributed by atoms with Gasteiger partial charge in [-0.1, -0.05) is 167 Å². The van der Waals surface area contributed by atoms with E-state index in [0.29, 0.717) is 19.4 Å². The number of carbonyl (C=O) groups is 2. The molecule has 0 radical (unpaired) electrons. The number of carbonyl (C=O) groups excluding carboxylic acids is 2. The highest BCUT2D eigenvalue weighted by atomic mass is 16.5. The van der Waals surface area contributed by atoms with E-state index in [1.807, 2.05) is 24.4 Å². The quantitative estimate of drug-likeness (QED) is 0.0711. The fourth-order valence-electron chi connectivity index (χ4n) is 6.15. The van der Waals surface area contributed by atoms with Crippen LogP contribution in [0.3, 0.4) is 0 Å². The number of ether oxygens (including phenoxy) is 1. The van der Waals surface area contributed by atoms with Crippen LogP contribution in [0.4, 0.5) is 0 Å². The predicted octanol–water partition coefficient (Wildman–Crippen LogP) is 11.1. The third kappa shape index (κ3) is 17.9. The highest BCUT2D eigenvalue weighted by molar-refractivity contribution is 5.87. The second kappa shape index (κ2) is 26.0. The van der Waals surface area contributed by atoms with Crippen LogP contribution in [0.5, 0.6) is 0 Å². The van der Waals surface area contributed by atoms with E-state index in [2.05, 4.69) is 30.2 Å². The molecule has 2 aromatic rings. The minimum atomic E-state index is -0.660. The van der Waals surface area contributed by atoms with Gasteiger partial charge in [0.2, 0.25) is 5.91 Å². The standard InChI is InChI=1S/C39H66N2O3/c1-3-5-7-9-11-13-14-15-16-17-19-21-23-27-31-44-39(43)37(32-34-33-40-36-29-26-25-28-35(34)36)41-38(42)30-24-22-20-18-12-10-8-6-4-2/h25-26,28-29,33,37,40H,3-24,27,30-32H2,1-2H3,(H,41,42)/t37-/m0/s1. The topological polar surface area (TPSA) is 71.2 Å². The smallest absolute Gasteiger partial charge is 0.328 e. The SMILES string of the molecule is CCCCCCCCCCCCCCCCOC(=O)[C@H](Cc1c[nH]c2ccccc12)NC(=O)CCCCCCCCCCC. The lowest BCUT2D eigenvalue weighted by Gasteiger charge is -2.18. The van der Waals surface area contributed by atoms with Gasteiger partial charge in [0.15, 0.2) is 0 Å². The fourth-order valence-corrected chi connectivity index (χ4v) is 6.15. The summed E-state index contributed by atoms with van der Waals surface area (Å²) < 4.78 is 5.71. The lowest BCUT2D eigenvalue weighted by Crippen LogP contribution is -2.43. The van der Waals surface area contributed by atoms with Crippen molar-refractivity contribution in [2.24, 2.45) is 0 Å². The Bertz CT molecular complexity index is 985. The second-order valence-electron chi connectivity index (χ2n) is 13.0. The summed E-state index contributed by atoms with van der Waals surface area (Å²) in [4.78, 5) is 29.3. The predicted molar refractivity (Wildman–Crippen MR) is 187 cm³/mol. The molecule has 0 aliphatic rings. The number of unbranched alkanes of at least 4 members (excludes halogenated alkanes) is 21. The zero-order valence-corrected chi connectivity index (χ0v) is 28.6. The first kappa shape index (κ1) is 37.9. The van der Waals surface area contributed by atoms with Crippen molar-refractivity contribution in [3.05, 3.63) is 36.0 Å². The maximum atomic E-state index is 13.2. The van der Waals surface area contributed by atoms with Crippen molar-refractivity contribution in [1.82, 2.24) is 10.3 Å². The number of hydrogen-bond donors (Lipinski definition) is 2. The average molecular weight is 611 g/mol. The molecule has 5 heteroatoms. The molecule has 1 aromatic heterocycles. The van der Waals surface area contributed by atoms with Crippen LogP contribution < -0.4 is 5.32 Å². The number of aromatic nitrogens is 1. The summed E-state index contributed by atoms with van der Waals surface area (Å²) in [6.45, 7) is 4.95. The second-order valence-corrected chi connectivity index (χ2v) is 13.0. The molecule has 0 saturated carbocycles. The van der Waals surface area contributed by atoms with Crippen molar-refractivity contribution in [2.45, 2.75) is 180 Å². The number of amides is 1. The van der Waals surface area contributed by atoms with Gasteiger partial charge in [0, 0.05) is 29.9 Å². The summed E-state index contributed by atoms with van der Waals surface area (Å²) in [5.74, 6) is -0.364. The summed E-state index contributed by atoms with van der Waals surface area (Å²) in [6.07, 6.45) is 32.0. The molecule has 1 atom stereocenters. The lowest BCUT2D eigenvalue weighted by molar-refractivity contribution is -0.148. The van der Waals surface area contributed by atoms with Crippen molar-refractivity contribution < 1.29 is 14.3 Å². The van der Waals surface area contributed by atoms with Crippen LogP contribution in [0, 0.1) is 0 Å². The Morgan fingerprint density at radius 2 is 1.14 bits per heavy atom. The minimum Gasteiger partial charge on any atom is -0.464 e. The van der Waals surface area contributed by atoms with Crippen LogP contribution in [0.1, 0.15) is 174 Å². The fraction of sp³-hybridized carbons (Fsp3) is 0.744. The molecule has 0 bridgehead atoms. The van der Waals surface area contributed by atoms with Crippen molar-refractivity contribution in [2.75, 3.05) is 6.61 Å². The van der Waals surface area contributed by atoms with E-state index in [4.69, 9.17) is 4.74 Å². The zero-order chi connectivity index (χ0) is 31.5. The number of fused-ring (bicyclic) bond motifs is 1. The Morgan fingerprint density at radius 1 is 0.659 bits per heavy atom. The number of para-hydroxylation sites is 1. The molecule has 0 aliphatic carbocycles. The number of aromatic amines is 1. The monoisotopic (exact) mass is 611 g/mol. The summed E-state index contributed by atoms with van der Waals surface area (Å²) in [7, 11) is 0. The van der Waals surface area contributed by atoms with Crippen molar-refractivity contribution >= 4 is 22.8 Å². The Balaban J connectivity index is 1.65. The van der Waals surface area contributed by atoms with E-state index >= 15 is 0 Å². The highest BCUT2D eigenvalue weighted by Gasteiger charge is 2.24. The molecule has 0 aliphatic heterocycles. The molecular weight excluding hydrogens is 544 g/mol. The summed E-state index contributed by atoms with van der Waals surface area (Å²) in [5.41, 5.74) is 2.07. The molecule has 5 nitrogen and oxygen atoms in total. The van der Waals surface area contributed by atoms with E-state index in [-0.39, 0.29) is 11.9 Å². The van der Waals surface area contributed by atoms with Crippen molar-refractivity contribution in [3.8, 4) is 0 Å². The summed E-state index contributed by atoms with van der Waals surface area (Å²) in [6, 6.07) is 7.43. The van der Waals surface area contributed by atoms with Gasteiger partial charge in [0.1, 0.15) is 6.04 Å². The van der Waals surface area contributed by atoms with Crippen LogP contribution >= 0.6 is 0 Å². The minimum absolute atomic E-state index is 0.0498. The third-order valence-electron chi connectivity index (χ3n) is 8.97. The molecule has 44 heavy (non-hydrogen) atoms. The Morgan fingerprint density at radius 3 is 1.68 bits per heavy atom. The van der Waals surface area contributed by atoms with Gasteiger partial charge in [0.25, 0.3) is 0 Å². The highest BCUT2D eigenvalue weighted by Crippen LogP contribution is 2.20.